The third-order valence-electron chi connectivity index (χ3n) is 2.09. The van der Waals surface area contributed by atoms with Crippen LogP contribution in [0, 0.1) is 12.3 Å². The molecule has 0 aliphatic rings. The fourth-order valence-corrected chi connectivity index (χ4v) is 1.62. The van der Waals surface area contributed by atoms with Gasteiger partial charge in [0.1, 0.15) is 12.4 Å². The molecule has 0 radical (unpaired) electrons. The molecule has 0 saturated heterocycles. The van der Waals surface area contributed by atoms with Crippen molar-refractivity contribution in [3.05, 3.63) is 28.8 Å². The van der Waals surface area contributed by atoms with E-state index in [0.29, 0.717) is 10.8 Å². The number of para-hydroxylation sites is 1. The van der Waals surface area contributed by atoms with Crippen LogP contribution in [0.2, 0.25) is 5.02 Å². The van der Waals surface area contributed by atoms with E-state index in [4.69, 9.17) is 22.8 Å². The van der Waals surface area contributed by atoms with Gasteiger partial charge in [0.05, 0.1) is 5.02 Å². The van der Waals surface area contributed by atoms with Crippen LogP contribution in [0.4, 0.5) is 0 Å². The molecule has 1 aromatic rings. The molecule has 0 atom stereocenters. The molecule has 0 unspecified atom stereocenters. The number of nitrogens with one attached hydrogen (secondary N) is 1. The molecule has 0 amide bonds. The van der Waals surface area contributed by atoms with E-state index in [2.05, 4.69) is 18.2 Å². The summed E-state index contributed by atoms with van der Waals surface area (Å²) >= 11 is 6.06. The van der Waals surface area contributed by atoms with Crippen LogP contribution in [-0.4, -0.2) is 13.2 Å². The van der Waals surface area contributed by atoms with E-state index < -0.39 is 0 Å². The van der Waals surface area contributed by atoms with Gasteiger partial charge < -0.3 is 10.1 Å². The lowest BCUT2D eigenvalue weighted by molar-refractivity contribution is 0.365. The average molecular weight is 238 g/mol. The van der Waals surface area contributed by atoms with E-state index >= 15 is 0 Å². The lowest BCUT2D eigenvalue weighted by Gasteiger charge is -2.11. The highest BCUT2D eigenvalue weighted by Crippen LogP contribution is 2.28. The summed E-state index contributed by atoms with van der Waals surface area (Å²) in [6.45, 7) is 4.08. The molecule has 2 nitrogen and oxygen atoms in total. The van der Waals surface area contributed by atoms with Gasteiger partial charge in [0.15, 0.2) is 0 Å². The minimum Gasteiger partial charge on any atom is -0.479 e. The second-order valence-electron chi connectivity index (χ2n) is 3.40. The first-order chi connectivity index (χ1) is 7.79. The summed E-state index contributed by atoms with van der Waals surface area (Å²) in [6, 6.07) is 5.70. The van der Waals surface area contributed by atoms with Crippen LogP contribution >= 0.6 is 11.6 Å². The van der Waals surface area contributed by atoms with Gasteiger partial charge in [0.25, 0.3) is 0 Å². The van der Waals surface area contributed by atoms with E-state index in [-0.39, 0.29) is 6.61 Å². The molecule has 0 aliphatic carbocycles. The Labute approximate surface area is 102 Å². The second kappa shape index (κ2) is 7.16. The van der Waals surface area contributed by atoms with E-state index in [1.165, 1.54) is 0 Å². The Kier molecular flexibility index (Phi) is 5.77. The highest BCUT2D eigenvalue weighted by Gasteiger charge is 2.07. The minimum absolute atomic E-state index is 0.241. The summed E-state index contributed by atoms with van der Waals surface area (Å²) in [6.07, 6.45) is 6.26. The van der Waals surface area contributed by atoms with E-state index in [9.17, 15) is 0 Å². The zero-order chi connectivity index (χ0) is 11.8. The lowest BCUT2D eigenvalue weighted by atomic mass is 10.2. The summed E-state index contributed by atoms with van der Waals surface area (Å²) in [4.78, 5) is 0. The SMILES string of the molecule is C#CCOc1c(Cl)cccc1CNCCC. The Morgan fingerprint density at radius 1 is 1.50 bits per heavy atom. The molecule has 0 spiro atoms. The van der Waals surface area contributed by atoms with Crippen LogP contribution in [0.15, 0.2) is 18.2 Å². The van der Waals surface area contributed by atoms with Gasteiger partial charge in [-0.25, -0.2) is 0 Å². The molecule has 0 heterocycles. The van der Waals surface area contributed by atoms with Crippen molar-refractivity contribution in [2.75, 3.05) is 13.2 Å². The topological polar surface area (TPSA) is 21.3 Å². The average Bonchev–Trinajstić information content (AvgIpc) is 2.28. The monoisotopic (exact) mass is 237 g/mol. The molecule has 1 N–H and O–H groups in total. The first-order valence-electron chi connectivity index (χ1n) is 5.34. The van der Waals surface area contributed by atoms with E-state index in [0.717, 1.165) is 25.1 Å². The Bertz CT molecular complexity index is 371. The van der Waals surface area contributed by atoms with Crippen LogP contribution in [0.5, 0.6) is 5.75 Å². The van der Waals surface area contributed by atoms with Crippen LogP contribution in [0.1, 0.15) is 18.9 Å². The fourth-order valence-electron chi connectivity index (χ4n) is 1.37. The number of terminal acetylenes is 1. The second-order valence-corrected chi connectivity index (χ2v) is 3.80. The molecule has 1 rings (SSSR count). The predicted molar refractivity (Wildman–Crippen MR) is 67.8 cm³/mol. The van der Waals surface area contributed by atoms with Gasteiger partial charge in [0, 0.05) is 12.1 Å². The highest BCUT2D eigenvalue weighted by atomic mass is 35.5. The molecule has 1 aromatic carbocycles. The number of halogens is 1. The van der Waals surface area contributed by atoms with Crippen molar-refractivity contribution < 1.29 is 4.74 Å². The van der Waals surface area contributed by atoms with Gasteiger partial charge >= 0.3 is 0 Å². The van der Waals surface area contributed by atoms with Gasteiger partial charge in [-0.2, -0.15) is 0 Å². The quantitative estimate of drug-likeness (QED) is 0.607. The zero-order valence-corrected chi connectivity index (χ0v) is 10.2. The Hall–Kier alpha value is -1.17. The molecular weight excluding hydrogens is 222 g/mol. The number of hydrogen-bond acceptors (Lipinski definition) is 2. The summed E-state index contributed by atoms with van der Waals surface area (Å²) in [7, 11) is 0. The summed E-state index contributed by atoms with van der Waals surface area (Å²) in [5, 5.41) is 3.91. The van der Waals surface area contributed by atoms with E-state index in [1.54, 1.807) is 6.07 Å². The normalized spacial score (nSPS) is 9.81. The molecule has 0 aromatic heterocycles. The van der Waals surface area contributed by atoms with Crippen molar-refractivity contribution in [3.63, 3.8) is 0 Å². The van der Waals surface area contributed by atoms with E-state index in [1.807, 2.05) is 12.1 Å². The molecule has 16 heavy (non-hydrogen) atoms. The summed E-state index contributed by atoms with van der Waals surface area (Å²) in [5.41, 5.74) is 1.04. The number of ether oxygens (including phenoxy) is 1. The summed E-state index contributed by atoms with van der Waals surface area (Å²) in [5.74, 6) is 3.12. The van der Waals surface area contributed by atoms with Crippen molar-refractivity contribution in [2.24, 2.45) is 0 Å². The standard InChI is InChI=1S/C13H16ClNO/c1-3-8-15-10-11-6-5-7-12(14)13(11)16-9-4-2/h2,5-7,15H,3,8-10H2,1H3. The lowest BCUT2D eigenvalue weighted by Crippen LogP contribution is -2.14. The molecule has 86 valence electrons. The van der Waals surface area contributed by atoms with Crippen molar-refractivity contribution >= 4 is 11.6 Å². The van der Waals surface area contributed by atoms with Gasteiger partial charge in [-0.3, -0.25) is 0 Å². The minimum atomic E-state index is 0.241. The maximum atomic E-state index is 6.06. The van der Waals surface area contributed by atoms with Crippen molar-refractivity contribution in [2.45, 2.75) is 19.9 Å². The largest absolute Gasteiger partial charge is 0.479 e. The van der Waals surface area contributed by atoms with Crippen LogP contribution in [-0.2, 0) is 6.54 Å². The Morgan fingerprint density at radius 3 is 3.00 bits per heavy atom. The summed E-state index contributed by atoms with van der Waals surface area (Å²) < 4.78 is 5.44. The highest BCUT2D eigenvalue weighted by molar-refractivity contribution is 6.32. The maximum absolute atomic E-state index is 6.06. The first-order valence-corrected chi connectivity index (χ1v) is 5.71. The number of benzene rings is 1. The van der Waals surface area contributed by atoms with Gasteiger partial charge in [0.2, 0.25) is 0 Å². The predicted octanol–water partition coefficient (Wildman–Crippen LogP) is 2.85. The smallest absolute Gasteiger partial charge is 0.148 e. The molecular formula is C13H16ClNO. The third-order valence-corrected chi connectivity index (χ3v) is 2.39. The number of hydrogen-bond donors (Lipinski definition) is 1. The molecule has 3 heteroatoms. The Morgan fingerprint density at radius 2 is 2.31 bits per heavy atom. The Balaban J connectivity index is 2.73. The van der Waals surface area contributed by atoms with Crippen molar-refractivity contribution in [3.8, 4) is 18.1 Å². The first kappa shape index (κ1) is 12.9. The van der Waals surface area contributed by atoms with Crippen LogP contribution in [0.25, 0.3) is 0 Å². The van der Waals surface area contributed by atoms with Gasteiger partial charge in [-0.1, -0.05) is 36.6 Å². The van der Waals surface area contributed by atoms with Gasteiger partial charge in [-0.05, 0) is 19.0 Å². The maximum Gasteiger partial charge on any atom is 0.148 e. The molecule has 0 saturated carbocycles. The molecule has 0 fully saturated rings. The molecule has 0 bridgehead atoms. The van der Waals surface area contributed by atoms with Gasteiger partial charge in [-0.15, -0.1) is 6.42 Å². The zero-order valence-electron chi connectivity index (χ0n) is 9.42. The van der Waals surface area contributed by atoms with Crippen LogP contribution < -0.4 is 10.1 Å². The van der Waals surface area contributed by atoms with Crippen LogP contribution in [0.3, 0.4) is 0 Å². The third kappa shape index (κ3) is 3.77. The number of rotatable bonds is 6. The molecule has 0 aliphatic heterocycles. The van der Waals surface area contributed by atoms with Crippen molar-refractivity contribution in [1.82, 2.24) is 5.32 Å². The van der Waals surface area contributed by atoms with Crippen molar-refractivity contribution in [1.29, 1.82) is 0 Å². The fraction of sp³-hybridized carbons (Fsp3) is 0.385.